The number of para-hydroxylation sites is 1. The van der Waals surface area contributed by atoms with Crippen LogP contribution in [0.4, 0.5) is 0 Å². The lowest BCUT2D eigenvalue weighted by Gasteiger charge is -2.12. The second-order valence-electron chi connectivity index (χ2n) is 4.95. The fourth-order valence-electron chi connectivity index (χ4n) is 2.72. The molecule has 20 heavy (non-hydrogen) atoms. The van der Waals surface area contributed by atoms with Gasteiger partial charge >= 0.3 is 0 Å². The van der Waals surface area contributed by atoms with Gasteiger partial charge < -0.3 is 14.8 Å². The van der Waals surface area contributed by atoms with E-state index in [1.165, 1.54) is 16.7 Å². The Labute approximate surface area is 119 Å². The van der Waals surface area contributed by atoms with Gasteiger partial charge in [-0.25, -0.2) is 0 Å². The minimum Gasteiger partial charge on any atom is -0.496 e. The van der Waals surface area contributed by atoms with E-state index in [-0.39, 0.29) is 0 Å². The molecule has 0 amide bonds. The molecule has 3 rings (SSSR count). The topological polar surface area (TPSA) is 30.5 Å². The molecule has 1 aliphatic rings. The summed E-state index contributed by atoms with van der Waals surface area (Å²) in [6.45, 7) is 1.57. The molecule has 0 spiro atoms. The Hall–Kier alpha value is -2.00. The van der Waals surface area contributed by atoms with Gasteiger partial charge in [0.05, 0.1) is 13.7 Å². The van der Waals surface area contributed by atoms with E-state index in [1.807, 2.05) is 13.1 Å². The van der Waals surface area contributed by atoms with Gasteiger partial charge in [0.1, 0.15) is 11.5 Å². The summed E-state index contributed by atoms with van der Waals surface area (Å²) in [7, 11) is 3.65. The number of hydrogen-bond acceptors (Lipinski definition) is 3. The first-order chi connectivity index (χ1) is 9.83. The molecule has 2 aromatic carbocycles. The SMILES string of the molecule is CNCc1cc(-c2cccc3c2OCC3)ccc1OC. The zero-order valence-electron chi connectivity index (χ0n) is 11.9. The zero-order chi connectivity index (χ0) is 13.9. The Morgan fingerprint density at radius 2 is 2.15 bits per heavy atom. The second kappa shape index (κ2) is 5.55. The van der Waals surface area contributed by atoms with Gasteiger partial charge in [-0.15, -0.1) is 0 Å². The molecule has 0 radical (unpaired) electrons. The van der Waals surface area contributed by atoms with Gasteiger partial charge in [0, 0.05) is 24.1 Å². The predicted octanol–water partition coefficient (Wildman–Crippen LogP) is 3.02. The number of fused-ring (bicyclic) bond motifs is 1. The largest absolute Gasteiger partial charge is 0.496 e. The molecule has 0 saturated heterocycles. The third-order valence-electron chi connectivity index (χ3n) is 3.67. The Morgan fingerprint density at radius 3 is 2.95 bits per heavy atom. The highest BCUT2D eigenvalue weighted by atomic mass is 16.5. The molecule has 0 atom stereocenters. The number of rotatable bonds is 4. The molecule has 0 aliphatic carbocycles. The summed E-state index contributed by atoms with van der Waals surface area (Å²) < 4.78 is 11.2. The first kappa shape index (κ1) is 13.0. The average Bonchev–Trinajstić information content (AvgIpc) is 2.96. The lowest BCUT2D eigenvalue weighted by molar-refractivity contribution is 0.358. The van der Waals surface area contributed by atoms with Crippen LogP contribution in [-0.2, 0) is 13.0 Å². The molecule has 0 unspecified atom stereocenters. The van der Waals surface area contributed by atoms with Gasteiger partial charge in [-0.2, -0.15) is 0 Å². The molecule has 2 aromatic rings. The standard InChI is InChI=1S/C17H19NO2/c1-18-11-14-10-13(6-7-16(14)19-2)15-5-3-4-12-8-9-20-17(12)15/h3-7,10,18H,8-9,11H2,1-2H3. The Morgan fingerprint density at radius 1 is 1.25 bits per heavy atom. The monoisotopic (exact) mass is 269 g/mol. The first-order valence-electron chi connectivity index (χ1n) is 6.90. The van der Waals surface area contributed by atoms with Crippen LogP contribution in [0.2, 0.25) is 0 Å². The molecule has 1 heterocycles. The summed E-state index contributed by atoms with van der Waals surface area (Å²) in [5.41, 5.74) is 4.80. The lowest BCUT2D eigenvalue weighted by Crippen LogP contribution is -2.06. The zero-order valence-corrected chi connectivity index (χ0v) is 11.9. The van der Waals surface area contributed by atoms with Crippen LogP contribution in [0, 0.1) is 0 Å². The second-order valence-corrected chi connectivity index (χ2v) is 4.95. The highest BCUT2D eigenvalue weighted by molar-refractivity contribution is 5.74. The lowest BCUT2D eigenvalue weighted by atomic mass is 9.99. The highest BCUT2D eigenvalue weighted by Gasteiger charge is 2.17. The van der Waals surface area contributed by atoms with Crippen molar-refractivity contribution in [1.29, 1.82) is 0 Å². The third-order valence-corrected chi connectivity index (χ3v) is 3.67. The predicted molar refractivity (Wildman–Crippen MR) is 80.4 cm³/mol. The van der Waals surface area contributed by atoms with E-state index in [1.54, 1.807) is 7.11 Å². The van der Waals surface area contributed by atoms with Crippen LogP contribution in [0.3, 0.4) is 0 Å². The van der Waals surface area contributed by atoms with Crippen LogP contribution in [0.5, 0.6) is 11.5 Å². The molecule has 1 N–H and O–H groups in total. The smallest absolute Gasteiger partial charge is 0.130 e. The van der Waals surface area contributed by atoms with Gasteiger partial charge in [-0.3, -0.25) is 0 Å². The first-order valence-corrected chi connectivity index (χ1v) is 6.90. The van der Waals surface area contributed by atoms with Gasteiger partial charge in [0.2, 0.25) is 0 Å². The van der Waals surface area contributed by atoms with Crippen LogP contribution in [-0.4, -0.2) is 20.8 Å². The number of hydrogen-bond donors (Lipinski definition) is 1. The van der Waals surface area contributed by atoms with E-state index >= 15 is 0 Å². The number of benzene rings is 2. The van der Waals surface area contributed by atoms with Gasteiger partial charge in [-0.05, 0) is 30.3 Å². The van der Waals surface area contributed by atoms with Crippen LogP contribution in [0.15, 0.2) is 36.4 Å². The summed E-state index contributed by atoms with van der Waals surface area (Å²) in [6, 6.07) is 12.7. The molecule has 104 valence electrons. The Kier molecular flexibility index (Phi) is 3.61. The molecule has 0 fully saturated rings. The Balaban J connectivity index is 2.07. The molecule has 3 heteroatoms. The Bertz CT molecular complexity index is 622. The van der Waals surface area contributed by atoms with Crippen molar-refractivity contribution >= 4 is 0 Å². The van der Waals surface area contributed by atoms with Crippen LogP contribution >= 0.6 is 0 Å². The minimum absolute atomic E-state index is 0.784. The van der Waals surface area contributed by atoms with Gasteiger partial charge in [0.25, 0.3) is 0 Å². The summed E-state index contributed by atoms with van der Waals surface area (Å²) in [4.78, 5) is 0. The highest BCUT2D eigenvalue weighted by Crippen LogP contribution is 2.38. The molecule has 0 saturated carbocycles. The molecular formula is C17H19NO2. The molecule has 0 aromatic heterocycles. The summed E-state index contributed by atoms with van der Waals surface area (Å²) in [6.07, 6.45) is 1.00. The normalized spacial score (nSPS) is 12.9. The van der Waals surface area contributed by atoms with E-state index in [4.69, 9.17) is 9.47 Å². The van der Waals surface area contributed by atoms with Gasteiger partial charge in [-0.1, -0.05) is 24.3 Å². The van der Waals surface area contributed by atoms with Crippen LogP contribution in [0.25, 0.3) is 11.1 Å². The van der Waals surface area contributed by atoms with Crippen molar-refractivity contribution in [3.05, 3.63) is 47.5 Å². The number of nitrogens with one attached hydrogen (secondary N) is 1. The fraction of sp³-hybridized carbons (Fsp3) is 0.294. The van der Waals surface area contributed by atoms with Crippen molar-refractivity contribution in [3.63, 3.8) is 0 Å². The van der Waals surface area contributed by atoms with Crippen molar-refractivity contribution in [2.24, 2.45) is 0 Å². The van der Waals surface area contributed by atoms with Crippen LogP contribution < -0.4 is 14.8 Å². The summed E-state index contributed by atoms with van der Waals surface area (Å²) in [5.74, 6) is 1.95. The molecular weight excluding hydrogens is 250 g/mol. The maximum absolute atomic E-state index is 5.79. The molecule has 3 nitrogen and oxygen atoms in total. The molecule has 0 bridgehead atoms. The van der Waals surface area contributed by atoms with Gasteiger partial charge in [0.15, 0.2) is 0 Å². The summed E-state index contributed by atoms with van der Waals surface area (Å²) >= 11 is 0. The maximum Gasteiger partial charge on any atom is 0.130 e. The quantitative estimate of drug-likeness (QED) is 0.925. The maximum atomic E-state index is 5.79. The fourth-order valence-corrected chi connectivity index (χ4v) is 2.72. The van der Waals surface area contributed by atoms with Crippen molar-refractivity contribution in [2.75, 3.05) is 20.8 Å². The van der Waals surface area contributed by atoms with E-state index in [2.05, 4.69) is 35.6 Å². The number of ether oxygens (including phenoxy) is 2. The third kappa shape index (κ3) is 2.25. The van der Waals surface area contributed by atoms with E-state index in [9.17, 15) is 0 Å². The minimum atomic E-state index is 0.784. The van der Waals surface area contributed by atoms with Crippen molar-refractivity contribution in [3.8, 4) is 22.6 Å². The van der Waals surface area contributed by atoms with Crippen LogP contribution in [0.1, 0.15) is 11.1 Å². The van der Waals surface area contributed by atoms with E-state index in [0.29, 0.717) is 0 Å². The van der Waals surface area contributed by atoms with E-state index in [0.717, 1.165) is 36.6 Å². The number of methoxy groups -OCH3 is 1. The van der Waals surface area contributed by atoms with Crippen molar-refractivity contribution in [1.82, 2.24) is 5.32 Å². The van der Waals surface area contributed by atoms with Crippen molar-refractivity contribution < 1.29 is 9.47 Å². The average molecular weight is 269 g/mol. The summed E-state index contributed by atoms with van der Waals surface area (Å²) in [5, 5.41) is 3.18. The molecule has 1 aliphatic heterocycles. The van der Waals surface area contributed by atoms with Crippen molar-refractivity contribution in [2.45, 2.75) is 13.0 Å². The van der Waals surface area contributed by atoms with E-state index < -0.39 is 0 Å².